The molecule has 26 heavy (non-hydrogen) atoms. The highest BCUT2D eigenvalue weighted by atomic mass is 127. The molecule has 0 spiro atoms. The van der Waals surface area contributed by atoms with E-state index < -0.39 is 0 Å². The zero-order valence-corrected chi connectivity index (χ0v) is 18.2. The second kappa shape index (κ2) is 8.61. The van der Waals surface area contributed by atoms with Crippen molar-refractivity contribution in [2.75, 3.05) is 33.2 Å². The molecule has 1 saturated carbocycles. The first-order valence-electron chi connectivity index (χ1n) is 9.33. The van der Waals surface area contributed by atoms with Gasteiger partial charge in [-0.25, -0.2) is 4.39 Å². The van der Waals surface area contributed by atoms with E-state index in [9.17, 15) is 4.39 Å². The Balaban J connectivity index is 0.00000196. The molecule has 2 saturated heterocycles. The van der Waals surface area contributed by atoms with Gasteiger partial charge in [0.1, 0.15) is 5.82 Å². The Morgan fingerprint density at radius 2 is 2.04 bits per heavy atom. The third-order valence-electron chi connectivity index (χ3n) is 5.81. The molecule has 2 aliphatic heterocycles. The van der Waals surface area contributed by atoms with Gasteiger partial charge in [0.2, 0.25) is 0 Å². The second-order valence-electron chi connectivity index (χ2n) is 7.41. The lowest BCUT2D eigenvalue weighted by Gasteiger charge is -2.25. The predicted molar refractivity (Wildman–Crippen MR) is 115 cm³/mol. The Kier molecular flexibility index (Phi) is 6.67. The zero-order valence-electron chi connectivity index (χ0n) is 15.1. The summed E-state index contributed by atoms with van der Waals surface area (Å²) in [7, 11) is 1.83. The molecule has 1 aliphatic carbocycles. The maximum absolute atomic E-state index is 14.1. The third-order valence-corrected chi connectivity index (χ3v) is 6.14. The van der Waals surface area contributed by atoms with Crippen LogP contribution in [0.2, 0.25) is 5.02 Å². The summed E-state index contributed by atoms with van der Waals surface area (Å²) in [6.45, 7) is 4.55. The van der Waals surface area contributed by atoms with Crippen molar-refractivity contribution in [1.29, 1.82) is 0 Å². The van der Waals surface area contributed by atoms with Crippen LogP contribution in [-0.2, 0) is 0 Å². The molecule has 3 atom stereocenters. The topological polar surface area (TPSA) is 30.9 Å². The summed E-state index contributed by atoms with van der Waals surface area (Å²) in [5, 5.41) is 4.06. The molecule has 0 bridgehead atoms. The van der Waals surface area contributed by atoms with Crippen molar-refractivity contribution in [3.63, 3.8) is 0 Å². The summed E-state index contributed by atoms with van der Waals surface area (Å²) < 4.78 is 14.1. The van der Waals surface area contributed by atoms with Crippen molar-refractivity contribution < 1.29 is 4.39 Å². The van der Waals surface area contributed by atoms with Gasteiger partial charge in [-0.15, -0.1) is 24.0 Å². The Labute approximate surface area is 177 Å². The van der Waals surface area contributed by atoms with Gasteiger partial charge in [-0.05, 0) is 50.9 Å². The molecule has 7 heteroatoms. The number of likely N-dealkylation sites (tertiary alicyclic amines) is 2. The SMILES string of the molecule is CN=C(NC1CC1c1c(F)cccc1Cl)N1CCC(N2CCCC2)C1.I. The Morgan fingerprint density at radius 1 is 1.27 bits per heavy atom. The number of hydrogen-bond donors (Lipinski definition) is 1. The summed E-state index contributed by atoms with van der Waals surface area (Å²) in [5.41, 5.74) is 0.647. The van der Waals surface area contributed by atoms with E-state index in [1.54, 1.807) is 12.1 Å². The maximum Gasteiger partial charge on any atom is 0.193 e. The summed E-state index contributed by atoms with van der Waals surface area (Å²) in [4.78, 5) is 9.44. The van der Waals surface area contributed by atoms with Gasteiger partial charge in [-0.1, -0.05) is 17.7 Å². The number of nitrogens with zero attached hydrogens (tertiary/aromatic N) is 3. The molecule has 3 fully saturated rings. The van der Waals surface area contributed by atoms with Crippen LogP contribution in [0.25, 0.3) is 0 Å². The molecular weight excluding hydrogens is 466 g/mol. The number of guanidine groups is 1. The fourth-order valence-electron chi connectivity index (χ4n) is 4.34. The largest absolute Gasteiger partial charge is 0.353 e. The van der Waals surface area contributed by atoms with Gasteiger partial charge in [0.05, 0.1) is 0 Å². The number of aliphatic imine (C=N–C) groups is 1. The quantitative estimate of drug-likeness (QED) is 0.397. The monoisotopic (exact) mass is 492 g/mol. The smallest absolute Gasteiger partial charge is 0.193 e. The maximum atomic E-state index is 14.1. The molecule has 1 N–H and O–H groups in total. The van der Waals surface area contributed by atoms with E-state index in [-0.39, 0.29) is 41.8 Å². The molecule has 144 valence electrons. The normalized spacial score (nSPS) is 29.0. The molecule has 4 rings (SSSR count). The fraction of sp³-hybridized carbons (Fsp3) is 0.632. The van der Waals surface area contributed by atoms with E-state index >= 15 is 0 Å². The zero-order chi connectivity index (χ0) is 17.4. The van der Waals surface area contributed by atoms with Crippen LogP contribution < -0.4 is 5.32 Å². The average Bonchev–Trinajstić information content (AvgIpc) is 3.03. The highest BCUT2D eigenvalue weighted by Crippen LogP contribution is 2.45. The molecule has 3 aliphatic rings. The Morgan fingerprint density at radius 3 is 2.73 bits per heavy atom. The first-order chi connectivity index (χ1) is 12.2. The first-order valence-corrected chi connectivity index (χ1v) is 9.71. The van der Waals surface area contributed by atoms with Crippen molar-refractivity contribution in [1.82, 2.24) is 15.1 Å². The standard InChI is InChI=1S/C19H26ClFN4.HI/c1-22-19(25-10-7-13(12-25)24-8-2-3-9-24)23-17-11-14(17)18-15(20)5-4-6-16(18)21;/h4-6,13-14,17H,2-3,7-12H2,1H3,(H,22,23);1H. The number of rotatable bonds is 3. The van der Waals surface area contributed by atoms with Crippen LogP contribution in [0.15, 0.2) is 23.2 Å². The lowest BCUT2D eigenvalue weighted by molar-refractivity contribution is 0.249. The van der Waals surface area contributed by atoms with Crippen LogP contribution in [-0.4, -0.2) is 61.1 Å². The highest BCUT2D eigenvalue weighted by Gasteiger charge is 2.43. The second-order valence-corrected chi connectivity index (χ2v) is 7.81. The summed E-state index contributed by atoms with van der Waals surface area (Å²) in [6, 6.07) is 5.79. The van der Waals surface area contributed by atoms with E-state index in [2.05, 4.69) is 20.1 Å². The van der Waals surface area contributed by atoms with Crippen LogP contribution in [0.4, 0.5) is 4.39 Å². The highest BCUT2D eigenvalue weighted by molar-refractivity contribution is 14.0. The van der Waals surface area contributed by atoms with Crippen molar-refractivity contribution in [2.24, 2.45) is 4.99 Å². The molecule has 2 heterocycles. The molecule has 1 aromatic carbocycles. The minimum absolute atomic E-state index is 0. The summed E-state index contributed by atoms with van der Waals surface area (Å²) in [5.74, 6) is 0.885. The molecule has 0 aromatic heterocycles. The van der Waals surface area contributed by atoms with Gasteiger partial charge < -0.3 is 10.2 Å². The van der Waals surface area contributed by atoms with E-state index in [0.29, 0.717) is 16.6 Å². The van der Waals surface area contributed by atoms with Crippen LogP contribution in [0.1, 0.15) is 37.2 Å². The van der Waals surface area contributed by atoms with Crippen molar-refractivity contribution in [3.8, 4) is 0 Å². The summed E-state index contributed by atoms with van der Waals surface area (Å²) >= 11 is 6.21. The van der Waals surface area contributed by atoms with Crippen molar-refractivity contribution in [2.45, 2.75) is 43.7 Å². The average molecular weight is 493 g/mol. The lowest BCUT2D eigenvalue weighted by Crippen LogP contribution is -2.43. The minimum atomic E-state index is -0.202. The fourth-order valence-corrected chi connectivity index (χ4v) is 4.64. The molecule has 3 unspecified atom stereocenters. The first kappa shape index (κ1) is 20.1. The van der Waals surface area contributed by atoms with Crippen molar-refractivity contribution >= 4 is 41.5 Å². The van der Waals surface area contributed by atoms with Gasteiger partial charge in [0.15, 0.2) is 5.96 Å². The summed E-state index contributed by atoms with van der Waals surface area (Å²) in [6.07, 6.45) is 4.77. The number of benzene rings is 1. The molecule has 0 radical (unpaired) electrons. The van der Waals surface area contributed by atoms with E-state index in [1.165, 1.54) is 38.4 Å². The van der Waals surface area contributed by atoms with Crippen LogP contribution >= 0.6 is 35.6 Å². The van der Waals surface area contributed by atoms with Gasteiger partial charge in [0.25, 0.3) is 0 Å². The van der Waals surface area contributed by atoms with Crippen LogP contribution in [0.3, 0.4) is 0 Å². The van der Waals surface area contributed by atoms with Crippen LogP contribution in [0.5, 0.6) is 0 Å². The lowest BCUT2D eigenvalue weighted by atomic mass is 10.1. The number of nitrogens with one attached hydrogen (secondary N) is 1. The molecule has 0 amide bonds. The van der Waals surface area contributed by atoms with E-state index in [1.807, 2.05) is 7.05 Å². The van der Waals surface area contributed by atoms with E-state index in [0.717, 1.165) is 25.5 Å². The van der Waals surface area contributed by atoms with Gasteiger partial charge in [-0.3, -0.25) is 9.89 Å². The Hall–Kier alpha value is -0.600. The van der Waals surface area contributed by atoms with Crippen LogP contribution in [0, 0.1) is 5.82 Å². The van der Waals surface area contributed by atoms with Crippen molar-refractivity contribution in [3.05, 3.63) is 34.6 Å². The molecular formula is C19H27ClFIN4. The predicted octanol–water partition coefficient (Wildman–Crippen LogP) is 3.70. The third kappa shape index (κ3) is 4.12. The van der Waals surface area contributed by atoms with Gasteiger partial charge in [-0.2, -0.15) is 0 Å². The Bertz CT molecular complexity index is 645. The van der Waals surface area contributed by atoms with Gasteiger partial charge in [0, 0.05) is 48.7 Å². The van der Waals surface area contributed by atoms with Gasteiger partial charge >= 0.3 is 0 Å². The molecule has 4 nitrogen and oxygen atoms in total. The number of halogens is 3. The number of hydrogen-bond acceptors (Lipinski definition) is 2. The minimum Gasteiger partial charge on any atom is -0.353 e. The molecule has 1 aromatic rings. The van der Waals surface area contributed by atoms with E-state index in [4.69, 9.17) is 11.6 Å².